The second kappa shape index (κ2) is 4.19. The minimum absolute atomic E-state index is 0.342. The van der Waals surface area contributed by atoms with Crippen LogP contribution in [0.3, 0.4) is 0 Å². The van der Waals surface area contributed by atoms with Crippen molar-refractivity contribution in [2.45, 2.75) is 23.0 Å². The highest BCUT2D eigenvalue weighted by Gasteiger charge is 2.64. The van der Waals surface area contributed by atoms with Crippen molar-refractivity contribution in [2.75, 3.05) is 0 Å². The molecule has 22 heavy (non-hydrogen) atoms. The Morgan fingerprint density at radius 3 is 1.18 bits per heavy atom. The van der Waals surface area contributed by atoms with Gasteiger partial charge < -0.3 is 10.2 Å². The van der Waals surface area contributed by atoms with Crippen LogP contribution in [-0.2, 0) is 0 Å². The van der Waals surface area contributed by atoms with Gasteiger partial charge in [-0.3, -0.25) is 0 Å². The second-order valence-corrected chi connectivity index (χ2v) is 6.18. The molecular formula is C20H18O2. The van der Waals surface area contributed by atoms with Crippen molar-refractivity contribution in [3.63, 3.8) is 0 Å². The van der Waals surface area contributed by atoms with Crippen LogP contribution in [0.5, 0.6) is 0 Å². The Morgan fingerprint density at radius 2 is 0.955 bits per heavy atom. The summed E-state index contributed by atoms with van der Waals surface area (Å²) in [5.41, 5.74) is 1.28. The molecule has 0 spiro atoms. The maximum absolute atomic E-state index is 11.3. The average Bonchev–Trinajstić information content (AvgIpc) is 2.57. The predicted molar refractivity (Wildman–Crippen MR) is 86.9 cm³/mol. The molecule has 110 valence electrons. The summed E-state index contributed by atoms with van der Waals surface area (Å²) < 4.78 is 0. The molecule has 2 nitrogen and oxygen atoms in total. The van der Waals surface area contributed by atoms with Gasteiger partial charge in [-0.25, -0.2) is 0 Å². The van der Waals surface area contributed by atoms with Crippen LogP contribution in [0.4, 0.5) is 0 Å². The highest BCUT2D eigenvalue weighted by Crippen LogP contribution is 2.62. The van der Waals surface area contributed by atoms with Crippen LogP contribution in [0.25, 0.3) is 0 Å². The van der Waals surface area contributed by atoms with Gasteiger partial charge in [0, 0.05) is 11.8 Å². The van der Waals surface area contributed by atoms with Gasteiger partial charge in [0.25, 0.3) is 0 Å². The van der Waals surface area contributed by atoms with Crippen LogP contribution in [0.1, 0.15) is 34.1 Å². The summed E-state index contributed by atoms with van der Waals surface area (Å²) in [6, 6.07) is 16.0. The standard InChI is InChI=1S/C20H18O2/c1-3-19(21)17-13-9-5-7-11-15(13)18(20(19,22)4-2)16-12-8-6-10-14(16)17/h3-12,17-18,21-22H,1-2H2. The van der Waals surface area contributed by atoms with E-state index < -0.39 is 11.2 Å². The van der Waals surface area contributed by atoms with Crippen LogP contribution in [-0.4, -0.2) is 21.4 Å². The Morgan fingerprint density at radius 1 is 0.682 bits per heavy atom. The lowest BCUT2D eigenvalue weighted by molar-refractivity contribution is -0.123. The lowest BCUT2D eigenvalue weighted by Crippen LogP contribution is -2.64. The van der Waals surface area contributed by atoms with Gasteiger partial charge in [-0.1, -0.05) is 60.7 Å². The third-order valence-corrected chi connectivity index (χ3v) is 5.38. The number of benzene rings is 2. The van der Waals surface area contributed by atoms with Gasteiger partial charge in [-0.05, 0) is 22.3 Å². The molecule has 3 aliphatic carbocycles. The van der Waals surface area contributed by atoms with Crippen LogP contribution in [0.2, 0.25) is 0 Å². The number of rotatable bonds is 2. The van der Waals surface area contributed by atoms with E-state index in [0.29, 0.717) is 0 Å². The largest absolute Gasteiger partial charge is 0.381 e. The normalized spacial score (nSPS) is 34.6. The maximum Gasteiger partial charge on any atom is 0.126 e. The quantitative estimate of drug-likeness (QED) is 0.834. The molecule has 0 saturated carbocycles. The van der Waals surface area contributed by atoms with E-state index in [1.807, 2.05) is 48.5 Å². The maximum atomic E-state index is 11.3. The van der Waals surface area contributed by atoms with Gasteiger partial charge in [-0.2, -0.15) is 0 Å². The van der Waals surface area contributed by atoms with E-state index in [1.54, 1.807) is 0 Å². The smallest absolute Gasteiger partial charge is 0.126 e. The van der Waals surface area contributed by atoms with E-state index in [4.69, 9.17) is 0 Å². The zero-order valence-electron chi connectivity index (χ0n) is 12.2. The van der Waals surface area contributed by atoms with E-state index in [0.717, 1.165) is 22.3 Å². The molecule has 0 radical (unpaired) electrons. The summed E-state index contributed by atoms with van der Waals surface area (Å²) in [5.74, 6) is -0.684. The van der Waals surface area contributed by atoms with Crippen molar-refractivity contribution < 1.29 is 10.2 Å². The molecule has 0 heterocycles. The molecule has 0 fully saturated rings. The number of hydrogen-bond acceptors (Lipinski definition) is 2. The van der Waals surface area contributed by atoms with Crippen LogP contribution < -0.4 is 0 Å². The van der Waals surface area contributed by atoms with Crippen LogP contribution in [0.15, 0.2) is 73.8 Å². The second-order valence-electron chi connectivity index (χ2n) is 6.18. The highest BCUT2D eigenvalue weighted by atomic mass is 16.4. The lowest BCUT2D eigenvalue weighted by Gasteiger charge is -2.58. The first-order chi connectivity index (χ1) is 10.6. The van der Waals surface area contributed by atoms with Crippen LogP contribution >= 0.6 is 0 Å². The van der Waals surface area contributed by atoms with Crippen molar-refractivity contribution in [2.24, 2.45) is 0 Å². The molecule has 0 aromatic heterocycles. The summed E-state index contributed by atoms with van der Waals surface area (Å²) in [4.78, 5) is 0. The SMILES string of the molecule is C=CC1(O)C2c3ccccc3C(c3ccccc32)C1(O)C=C. The summed E-state index contributed by atoms with van der Waals surface area (Å²) in [6.07, 6.45) is 2.94. The van der Waals surface area contributed by atoms with Crippen molar-refractivity contribution in [3.8, 4) is 0 Å². The Kier molecular flexibility index (Phi) is 2.57. The zero-order valence-corrected chi connectivity index (χ0v) is 12.2. The predicted octanol–water partition coefficient (Wildman–Crippen LogP) is 3.11. The zero-order chi connectivity index (χ0) is 15.5. The fourth-order valence-electron chi connectivity index (χ4n) is 4.38. The number of hydrogen-bond donors (Lipinski definition) is 2. The summed E-state index contributed by atoms with van der Waals surface area (Å²) in [7, 11) is 0. The molecule has 2 atom stereocenters. The molecule has 2 N–H and O–H groups in total. The van der Waals surface area contributed by atoms with Gasteiger partial charge in [0.15, 0.2) is 0 Å². The van der Waals surface area contributed by atoms with Crippen molar-refractivity contribution >= 4 is 0 Å². The molecule has 2 aromatic rings. The Balaban J connectivity index is 2.16. The first kappa shape index (κ1) is 13.5. The van der Waals surface area contributed by atoms with Crippen molar-refractivity contribution in [1.29, 1.82) is 0 Å². The van der Waals surface area contributed by atoms with E-state index in [2.05, 4.69) is 13.2 Å². The average molecular weight is 290 g/mol. The van der Waals surface area contributed by atoms with E-state index in [1.165, 1.54) is 12.2 Å². The molecule has 0 aliphatic heterocycles. The highest BCUT2D eigenvalue weighted by molar-refractivity contribution is 5.63. The Hall–Kier alpha value is -2.16. The number of aliphatic hydroxyl groups is 2. The molecule has 5 rings (SSSR count). The third kappa shape index (κ3) is 1.28. The summed E-state index contributed by atoms with van der Waals surface area (Å²) >= 11 is 0. The lowest BCUT2D eigenvalue weighted by atomic mass is 9.50. The third-order valence-electron chi connectivity index (χ3n) is 5.38. The van der Waals surface area contributed by atoms with Gasteiger partial charge >= 0.3 is 0 Å². The fourth-order valence-corrected chi connectivity index (χ4v) is 4.38. The number of fused-ring (bicyclic) bond motifs is 1. The molecule has 0 amide bonds. The van der Waals surface area contributed by atoms with E-state index >= 15 is 0 Å². The topological polar surface area (TPSA) is 40.5 Å². The summed E-state index contributed by atoms with van der Waals surface area (Å²) in [5, 5.41) is 22.7. The van der Waals surface area contributed by atoms with Gasteiger partial charge in [0.05, 0.1) is 0 Å². The minimum Gasteiger partial charge on any atom is -0.381 e. The van der Waals surface area contributed by atoms with E-state index in [9.17, 15) is 10.2 Å². The fraction of sp³-hybridized carbons (Fsp3) is 0.200. The molecule has 2 aromatic carbocycles. The first-order valence-electron chi connectivity index (χ1n) is 7.48. The molecular weight excluding hydrogens is 272 g/mol. The molecule has 3 aliphatic rings. The van der Waals surface area contributed by atoms with Crippen LogP contribution in [0, 0.1) is 0 Å². The molecule has 2 heteroatoms. The van der Waals surface area contributed by atoms with Crippen molar-refractivity contribution in [1.82, 2.24) is 0 Å². The van der Waals surface area contributed by atoms with Gasteiger partial charge in [0.1, 0.15) is 11.2 Å². The Labute approximate surface area is 130 Å². The summed E-state index contributed by atoms with van der Waals surface area (Å²) in [6.45, 7) is 7.61. The molecule has 2 unspecified atom stereocenters. The van der Waals surface area contributed by atoms with Gasteiger partial charge in [-0.15, -0.1) is 13.2 Å². The minimum atomic E-state index is -1.47. The van der Waals surface area contributed by atoms with Crippen molar-refractivity contribution in [3.05, 3.63) is 96.1 Å². The monoisotopic (exact) mass is 290 g/mol. The van der Waals surface area contributed by atoms with Gasteiger partial charge in [0.2, 0.25) is 0 Å². The molecule has 0 saturated heterocycles. The molecule has 2 bridgehead atoms. The Bertz CT molecular complexity index is 680. The first-order valence-corrected chi connectivity index (χ1v) is 7.48. The van der Waals surface area contributed by atoms with E-state index in [-0.39, 0.29) is 11.8 Å².